The second kappa shape index (κ2) is 8.20. The first kappa shape index (κ1) is 20.0. The van der Waals surface area contributed by atoms with Gasteiger partial charge in [-0.05, 0) is 24.3 Å². The third kappa shape index (κ3) is 5.27. The van der Waals surface area contributed by atoms with E-state index in [1.165, 1.54) is 12.1 Å². The smallest absolute Gasteiger partial charge is 0.307 e. The van der Waals surface area contributed by atoms with Crippen LogP contribution in [-0.2, 0) is 21.2 Å². The number of nitrogens with one attached hydrogen (secondary N) is 1. The van der Waals surface area contributed by atoms with Crippen molar-refractivity contribution in [3.63, 3.8) is 0 Å². The molecule has 0 amide bonds. The van der Waals surface area contributed by atoms with Gasteiger partial charge in [0.2, 0.25) is 10.0 Å². The van der Waals surface area contributed by atoms with E-state index in [2.05, 4.69) is 4.72 Å². The van der Waals surface area contributed by atoms with Gasteiger partial charge in [-0.15, -0.1) is 0 Å². The lowest BCUT2D eigenvalue weighted by Crippen LogP contribution is -2.34. The van der Waals surface area contributed by atoms with E-state index in [9.17, 15) is 28.4 Å². The lowest BCUT2D eigenvalue weighted by atomic mass is 9.98. The molecule has 1 unspecified atom stereocenters. The van der Waals surface area contributed by atoms with Crippen molar-refractivity contribution in [3.05, 3.63) is 33.9 Å². The number of benzene rings is 1. The van der Waals surface area contributed by atoms with Crippen LogP contribution in [0, 0.1) is 22.0 Å². The normalized spacial score (nSPS) is 13.0. The molecule has 1 atom stereocenters. The summed E-state index contributed by atoms with van der Waals surface area (Å²) >= 11 is 0. The molecule has 0 spiro atoms. The van der Waals surface area contributed by atoms with E-state index >= 15 is 0 Å². The van der Waals surface area contributed by atoms with Crippen molar-refractivity contribution in [1.29, 1.82) is 0 Å². The minimum atomic E-state index is -4.04. The van der Waals surface area contributed by atoms with Gasteiger partial charge in [0.25, 0.3) is 5.69 Å². The topological polar surface area (TPSA) is 127 Å². The maximum atomic E-state index is 12.5. The Hall–Kier alpha value is -2.00. The Morgan fingerprint density at radius 3 is 2.46 bits per heavy atom. The largest absolute Gasteiger partial charge is 0.481 e. The van der Waals surface area contributed by atoms with Crippen LogP contribution >= 0.6 is 0 Å². The summed E-state index contributed by atoms with van der Waals surface area (Å²) in [6.45, 7) is 5.17. The highest BCUT2D eigenvalue weighted by atomic mass is 32.2. The van der Waals surface area contributed by atoms with Gasteiger partial charge in [-0.1, -0.05) is 26.8 Å². The molecule has 0 aliphatic carbocycles. The highest BCUT2D eigenvalue weighted by Gasteiger charge is 2.25. The summed E-state index contributed by atoms with van der Waals surface area (Å²) in [5.41, 5.74) is 0.105. The fourth-order valence-corrected chi connectivity index (χ4v) is 3.74. The third-order valence-electron chi connectivity index (χ3n) is 3.56. The van der Waals surface area contributed by atoms with Crippen molar-refractivity contribution in [2.24, 2.45) is 11.8 Å². The molecule has 9 heteroatoms. The summed E-state index contributed by atoms with van der Waals surface area (Å²) < 4.78 is 27.2. The quantitative estimate of drug-likeness (QED) is 0.514. The zero-order valence-corrected chi connectivity index (χ0v) is 14.7. The molecule has 134 valence electrons. The van der Waals surface area contributed by atoms with Gasteiger partial charge in [0.1, 0.15) is 0 Å². The first-order valence-electron chi connectivity index (χ1n) is 7.58. The number of hydrogen-bond acceptors (Lipinski definition) is 5. The highest BCUT2D eigenvalue weighted by molar-refractivity contribution is 7.89. The van der Waals surface area contributed by atoms with Crippen LogP contribution in [0.2, 0.25) is 0 Å². The van der Waals surface area contributed by atoms with Crippen molar-refractivity contribution < 1.29 is 23.2 Å². The van der Waals surface area contributed by atoms with Gasteiger partial charge in [0.15, 0.2) is 0 Å². The fraction of sp³-hybridized carbons (Fsp3) is 0.533. The zero-order chi connectivity index (χ0) is 18.5. The molecule has 24 heavy (non-hydrogen) atoms. The Morgan fingerprint density at radius 2 is 2.00 bits per heavy atom. The van der Waals surface area contributed by atoms with Gasteiger partial charge < -0.3 is 5.11 Å². The molecule has 0 aromatic heterocycles. The molecule has 0 radical (unpaired) electrons. The van der Waals surface area contributed by atoms with Gasteiger partial charge in [0, 0.05) is 18.7 Å². The number of carboxylic acid groups (broad SMARTS) is 1. The van der Waals surface area contributed by atoms with Crippen molar-refractivity contribution in [2.45, 2.75) is 38.5 Å². The van der Waals surface area contributed by atoms with Gasteiger partial charge in [-0.3, -0.25) is 14.9 Å². The SMILES string of the molecule is CCc1ccc([N+](=O)[O-])cc1S(=O)(=O)NCC(CC(C)C)C(=O)O. The summed E-state index contributed by atoms with van der Waals surface area (Å²) in [6.07, 6.45) is 0.704. The molecule has 2 N–H and O–H groups in total. The number of nitro benzene ring substituents is 1. The molecule has 1 aromatic rings. The zero-order valence-electron chi connectivity index (χ0n) is 13.9. The molecule has 0 heterocycles. The van der Waals surface area contributed by atoms with Crippen LogP contribution in [0.15, 0.2) is 23.1 Å². The minimum Gasteiger partial charge on any atom is -0.481 e. The Bertz CT molecular complexity index is 715. The number of nitro groups is 1. The number of sulfonamides is 1. The highest BCUT2D eigenvalue weighted by Crippen LogP contribution is 2.23. The second-order valence-electron chi connectivity index (χ2n) is 5.92. The molecule has 1 aromatic carbocycles. The first-order chi connectivity index (χ1) is 11.1. The monoisotopic (exact) mass is 358 g/mol. The number of hydrogen-bond donors (Lipinski definition) is 2. The molecule has 0 aliphatic heterocycles. The fourth-order valence-electron chi connectivity index (χ4n) is 2.33. The number of aryl methyl sites for hydroxylation is 1. The molecule has 1 rings (SSSR count). The van der Waals surface area contributed by atoms with Crippen LogP contribution < -0.4 is 4.72 Å². The van der Waals surface area contributed by atoms with Crippen LogP contribution in [-0.4, -0.2) is 31.0 Å². The van der Waals surface area contributed by atoms with Gasteiger partial charge in [-0.25, -0.2) is 13.1 Å². The Morgan fingerprint density at radius 1 is 1.38 bits per heavy atom. The molecule has 0 aliphatic rings. The van der Waals surface area contributed by atoms with Crippen LogP contribution in [0.1, 0.15) is 32.8 Å². The van der Waals surface area contributed by atoms with Crippen molar-refractivity contribution in [3.8, 4) is 0 Å². The van der Waals surface area contributed by atoms with Crippen LogP contribution in [0.4, 0.5) is 5.69 Å². The molecule has 0 saturated carbocycles. The average molecular weight is 358 g/mol. The maximum absolute atomic E-state index is 12.5. The van der Waals surface area contributed by atoms with Gasteiger partial charge in [0.05, 0.1) is 15.7 Å². The Labute approximate surface area is 141 Å². The van der Waals surface area contributed by atoms with E-state index in [1.807, 2.05) is 13.8 Å². The average Bonchev–Trinajstić information content (AvgIpc) is 2.50. The van der Waals surface area contributed by atoms with Crippen molar-refractivity contribution in [1.82, 2.24) is 4.72 Å². The standard InChI is InChI=1S/C15H22N2O6S/c1-4-11-5-6-13(17(20)21)8-14(11)24(22,23)16-9-12(15(18)19)7-10(2)3/h5-6,8,10,12,16H,4,7,9H2,1-3H3,(H,18,19). The summed E-state index contributed by atoms with van der Waals surface area (Å²) in [5, 5.41) is 20.1. The maximum Gasteiger partial charge on any atom is 0.307 e. The van der Waals surface area contributed by atoms with E-state index in [1.54, 1.807) is 6.92 Å². The van der Waals surface area contributed by atoms with E-state index in [0.717, 1.165) is 6.07 Å². The lowest BCUT2D eigenvalue weighted by Gasteiger charge is -2.16. The number of carboxylic acids is 1. The van der Waals surface area contributed by atoms with Crippen molar-refractivity contribution >= 4 is 21.7 Å². The van der Waals surface area contributed by atoms with E-state index < -0.39 is 26.8 Å². The Kier molecular flexibility index (Phi) is 6.85. The minimum absolute atomic E-state index is 0.0969. The summed E-state index contributed by atoms with van der Waals surface area (Å²) in [6, 6.07) is 3.64. The van der Waals surface area contributed by atoms with E-state index in [4.69, 9.17) is 0 Å². The first-order valence-corrected chi connectivity index (χ1v) is 9.06. The predicted octanol–water partition coefficient (Wildman–Crippen LogP) is 2.18. The van der Waals surface area contributed by atoms with E-state index in [0.29, 0.717) is 18.4 Å². The summed E-state index contributed by atoms with van der Waals surface area (Å²) in [4.78, 5) is 21.2. The third-order valence-corrected chi connectivity index (χ3v) is 5.06. The second-order valence-corrected chi connectivity index (χ2v) is 7.65. The van der Waals surface area contributed by atoms with Gasteiger partial charge >= 0.3 is 5.97 Å². The molecule has 8 nitrogen and oxygen atoms in total. The number of carbonyl (C=O) groups is 1. The lowest BCUT2D eigenvalue weighted by molar-refractivity contribution is -0.385. The number of nitrogens with zero attached hydrogens (tertiary/aromatic N) is 1. The van der Waals surface area contributed by atoms with Crippen molar-refractivity contribution in [2.75, 3.05) is 6.54 Å². The van der Waals surface area contributed by atoms with E-state index in [-0.39, 0.29) is 23.0 Å². The van der Waals surface area contributed by atoms with Crippen LogP contribution in [0.3, 0.4) is 0 Å². The molecular formula is C15H22N2O6S. The molecule has 0 fully saturated rings. The number of rotatable bonds is 9. The summed E-state index contributed by atoms with van der Waals surface area (Å²) in [7, 11) is -4.04. The summed E-state index contributed by atoms with van der Waals surface area (Å²) in [5.74, 6) is -1.84. The number of non-ortho nitro benzene ring substituents is 1. The Balaban J connectivity index is 3.09. The van der Waals surface area contributed by atoms with Crippen LogP contribution in [0.5, 0.6) is 0 Å². The van der Waals surface area contributed by atoms with Crippen LogP contribution in [0.25, 0.3) is 0 Å². The van der Waals surface area contributed by atoms with Gasteiger partial charge in [-0.2, -0.15) is 0 Å². The number of aliphatic carboxylic acids is 1. The molecular weight excluding hydrogens is 336 g/mol. The molecule has 0 saturated heterocycles. The predicted molar refractivity (Wildman–Crippen MR) is 88.2 cm³/mol. The molecule has 0 bridgehead atoms.